The van der Waals surface area contributed by atoms with Crippen LogP contribution in [0.25, 0.3) is 0 Å². The van der Waals surface area contributed by atoms with E-state index in [0.29, 0.717) is 5.75 Å². The first-order valence-corrected chi connectivity index (χ1v) is 7.50. The van der Waals surface area contributed by atoms with Gasteiger partial charge in [0.15, 0.2) is 12.4 Å². The second-order valence-corrected chi connectivity index (χ2v) is 5.52. The van der Waals surface area contributed by atoms with E-state index in [-0.39, 0.29) is 28.2 Å². The second kappa shape index (κ2) is 7.84. The predicted octanol–water partition coefficient (Wildman–Crippen LogP) is 5.36. The first-order chi connectivity index (χ1) is 11.7. The fourth-order valence-electron chi connectivity index (χ4n) is 1.77. The Bertz CT molecular complexity index is 755. The van der Waals surface area contributed by atoms with Crippen molar-refractivity contribution in [3.8, 4) is 17.2 Å². The molecule has 2 rings (SSSR count). The van der Waals surface area contributed by atoms with E-state index in [4.69, 9.17) is 32.7 Å². The molecule has 0 saturated carbocycles. The highest BCUT2D eigenvalue weighted by atomic mass is 35.5. The number of hydrogen-bond donors (Lipinski definition) is 0. The summed E-state index contributed by atoms with van der Waals surface area (Å²) in [4.78, 5) is 11.1. The van der Waals surface area contributed by atoms with Crippen LogP contribution in [0.4, 0.5) is 13.2 Å². The zero-order valence-electron chi connectivity index (χ0n) is 12.7. The van der Waals surface area contributed by atoms with Gasteiger partial charge in [0, 0.05) is 6.07 Å². The van der Waals surface area contributed by atoms with Gasteiger partial charge in [-0.25, -0.2) is 4.79 Å². The van der Waals surface area contributed by atoms with Gasteiger partial charge in [-0.05, 0) is 24.3 Å². The molecular formula is C16H11Cl2F3O4. The average Bonchev–Trinajstić information content (AvgIpc) is 2.55. The van der Waals surface area contributed by atoms with Gasteiger partial charge in [0.05, 0.1) is 22.7 Å². The number of esters is 1. The highest BCUT2D eigenvalue weighted by Crippen LogP contribution is 2.41. The Labute approximate surface area is 151 Å². The van der Waals surface area contributed by atoms with Crippen LogP contribution in [0.1, 0.15) is 5.56 Å². The molecule has 0 radical (unpaired) electrons. The molecule has 0 bridgehead atoms. The lowest BCUT2D eigenvalue weighted by atomic mass is 10.2. The van der Waals surface area contributed by atoms with Crippen molar-refractivity contribution in [1.29, 1.82) is 0 Å². The Morgan fingerprint density at radius 3 is 2.24 bits per heavy atom. The monoisotopic (exact) mass is 394 g/mol. The SMILES string of the molecule is COC(=O)COc1cccc(Oc2c(Cl)cc(C(F)(F)F)cc2Cl)c1. The van der Waals surface area contributed by atoms with E-state index in [0.717, 1.165) is 12.1 Å². The van der Waals surface area contributed by atoms with E-state index in [2.05, 4.69) is 4.74 Å². The highest BCUT2D eigenvalue weighted by molar-refractivity contribution is 6.37. The predicted molar refractivity (Wildman–Crippen MR) is 85.5 cm³/mol. The summed E-state index contributed by atoms with van der Waals surface area (Å²) in [7, 11) is 1.22. The van der Waals surface area contributed by atoms with Gasteiger partial charge in [0.2, 0.25) is 0 Å². The average molecular weight is 395 g/mol. The van der Waals surface area contributed by atoms with Gasteiger partial charge in [0.25, 0.3) is 0 Å². The smallest absolute Gasteiger partial charge is 0.416 e. The molecule has 0 unspecified atom stereocenters. The van der Waals surface area contributed by atoms with Crippen LogP contribution in [0.2, 0.25) is 10.0 Å². The van der Waals surface area contributed by atoms with Gasteiger partial charge >= 0.3 is 12.1 Å². The molecule has 2 aromatic carbocycles. The first-order valence-electron chi connectivity index (χ1n) is 6.74. The lowest BCUT2D eigenvalue weighted by Gasteiger charge is -2.14. The highest BCUT2D eigenvalue weighted by Gasteiger charge is 2.32. The van der Waals surface area contributed by atoms with Gasteiger partial charge in [-0.2, -0.15) is 13.2 Å². The number of halogens is 5. The van der Waals surface area contributed by atoms with Crippen molar-refractivity contribution >= 4 is 29.2 Å². The Morgan fingerprint density at radius 2 is 1.68 bits per heavy atom. The van der Waals surface area contributed by atoms with Crippen LogP contribution in [0.3, 0.4) is 0 Å². The Morgan fingerprint density at radius 1 is 1.08 bits per heavy atom. The van der Waals surface area contributed by atoms with Crippen LogP contribution >= 0.6 is 23.2 Å². The van der Waals surface area contributed by atoms with Crippen LogP contribution in [-0.2, 0) is 15.7 Å². The maximum atomic E-state index is 12.7. The first kappa shape index (κ1) is 19.2. The lowest BCUT2D eigenvalue weighted by molar-refractivity contribution is -0.143. The molecule has 0 amide bonds. The molecule has 0 atom stereocenters. The molecule has 0 aliphatic rings. The quantitative estimate of drug-likeness (QED) is 0.640. The molecule has 0 heterocycles. The molecule has 9 heteroatoms. The van der Waals surface area contributed by atoms with Gasteiger partial charge in [-0.1, -0.05) is 29.3 Å². The molecule has 0 aromatic heterocycles. The maximum Gasteiger partial charge on any atom is 0.416 e. The second-order valence-electron chi connectivity index (χ2n) is 4.71. The molecule has 25 heavy (non-hydrogen) atoms. The van der Waals surface area contributed by atoms with Gasteiger partial charge in [-0.3, -0.25) is 0 Å². The van der Waals surface area contributed by atoms with Crippen molar-refractivity contribution in [3.05, 3.63) is 52.0 Å². The largest absolute Gasteiger partial charge is 0.482 e. The van der Waals surface area contributed by atoms with Crippen molar-refractivity contribution < 1.29 is 32.2 Å². The van der Waals surface area contributed by atoms with Crippen LogP contribution in [0.15, 0.2) is 36.4 Å². The fourth-order valence-corrected chi connectivity index (χ4v) is 2.33. The molecule has 0 saturated heterocycles. The Hall–Kier alpha value is -2.12. The minimum Gasteiger partial charge on any atom is -0.482 e. The third-order valence-electron chi connectivity index (χ3n) is 2.94. The Kier molecular flexibility index (Phi) is 6.02. The zero-order valence-corrected chi connectivity index (χ0v) is 14.2. The van der Waals surface area contributed by atoms with Gasteiger partial charge in [-0.15, -0.1) is 0 Å². The van der Waals surface area contributed by atoms with Crippen molar-refractivity contribution in [2.75, 3.05) is 13.7 Å². The summed E-state index contributed by atoms with van der Waals surface area (Å²) >= 11 is 11.7. The number of carbonyl (C=O) groups is 1. The molecular weight excluding hydrogens is 384 g/mol. The molecule has 0 aliphatic carbocycles. The van der Waals surface area contributed by atoms with Gasteiger partial charge in [0.1, 0.15) is 11.5 Å². The number of hydrogen-bond acceptors (Lipinski definition) is 4. The van der Waals surface area contributed by atoms with Crippen molar-refractivity contribution in [1.82, 2.24) is 0 Å². The van der Waals surface area contributed by atoms with E-state index in [1.807, 2.05) is 0 Å². The molecule has 4 nitrogen and oxygen atoms in total. The number of carbonyl (C=O) groups excluding carboxylic acids is 1. The molecule has 0 N–H and O–H groups in total. The van der Waals surface area contributed by atoms with Crippen molar-refractivity contribution in [2.45, 2.75) is 6.18 Å². The summed E-state index contributed by atoms with van der Waals surface area (Å²) < 4.78 is 53.3. The summed E-state index contributed by atoms with van der Waals surface area (Å²) in [5.74, 6) is -0.186. The minimum absolute atomic E-state index is 0.124. The molecule has 2 aromatic rings. The summed E-state index contributed by atoms with van der Waals surface area (Å²) in [5.41, 5.74) is -0.981. The number of ether oxygens (including phenoxy) is 3. The summed E-state index contributed by atoms with van der Waals surface area (Å²) in [6.07, 6.45) is -4.58. The number of methoxy groups -OCH3 is 1. The standard InChI is InChI=1S/C16H11Cl2F3O4/c1-23-14(22)8-24-10-3-2-4-11(7-10)25-15-12(17)5-9(6-13(15)18)16(19,20)21/h2-7H,8H2,1H3. The van der Waals surface area contributed by atoms with Crippen LogP contribution in [0, 0.1) is 0 Å². The third kappa shape index (κ3) is 5.17. The van der Waals surface area contributed by atoms with Crippen molar-refractivity contribution in [3.63, 3.8) is 0 Å². The van der Waals surface area contributed by atoms with E-state index in [1.54, 1.807) is 12.1 Å². The normalized spacial score (nSPS) is 11.1. The third-order valence-corrected chi connectivity index (χ3v) is 3.50. The molecule has 0 fully saturated rings. The van der Waals surface area contributed by atoms with Crippen LogP contribution in [0.5, 0.6) is 17.2 Å². The zero-order chi connectivity index (χ0) is 18.6. The number of benzene rings is 2. The maximum absolute atomic E-state index is 12.7. The summed E-state index contributed by atoms with van der Waals surface area (Å²) in [5, 5.41) is -0.582. The van der Waals surface area contributed by atoms with Crippen molar-refractivity contribution in [2.24, 2.45) is 0 Å². The van der Waals surface area contributed by atoms with Crippen LogP contribution in [-0.4, -0.2) is 19.7 Å². The minimum atomic E-state index is -4.58. The molecule has 0 aliphatic heterocycles. The lowest BCUT2D eigenvalue weighted by Crippen LogP contribution is -2.12. The summed E-state index contributed by atoms with van der Waals surface area (Å²) in [6, 6.07) is 7.52. The van der Waals surface area contributed by atoms with E-state index in [9.17, 15) is 18.0 Å². The molecule has 134 valence electrons. The van der Waals surface area contributed by atoms with E-state index < -0.39 is 17.7 Å². The molecule has 0 spiro atoms. The van der Waals surface area contributed by atoms with E-state index >= 15 is 0 Å². The summed E-state index contributed by atoms with van der Waals surface area (Å²) in [6.45, 7) is -0.304. The van der Waals surface area contributed by atoms with E-state index in [1.165, 1.54) is 19.2 Å². The fraction of sp³-hybridized carbons (Fsp3) is 0.188. The Balaban J connectivity index is 2.21. The number of alkyl halides is 3. The van der Waals surface area contributed by atoms with Crippen LogP contribution < -0.4 is 9.47 Å². The van der Waals surface area contributed by atoms with Gasteiger partial charge < -0.3 is 14.2 Å². The topological polar surface area (TPSA) is 44.8 Å². The number of rotatable bonds is 5.